The summed E-state index contributed by atoms with van der Waals surface area (Å²) < 4.78 is 6.63. The van der Waals surface area contributed by atoms with Crippen LogP contribution in [0.15, 0.2) is 6.07 Å². The Morgan fingerprint density at radius 1 is 1.41 bits per heavy atom. The van der Waals surface area contributed by atoms with E-state index in [9.17, 15) is 14.4 Å². The summed E-state index contributed by atoms with van der Waals surface area (Å²) in [5, 5.41) is 7.27. The lowest BCUT2D eigenvalue weighted by atomic mass is 10.0. The van der Waals surface area contributed by atoms with Crippen LogP contribution in [0, 0.1) is 6.92 Å². The second-order valence-electron chi connectivity index (χ2n) is 6.19. The van der Waals surface area contributed by atoms with Gasteiger partial charge in [-0.25, -0.2) is 4.79 Å². The zero-order valence-corrected chi connectivity index (χ0v) is 16.2. The number of hydrogen-bond acceptors (Lipinski definition) is 6. The van der Waals surface area contributed by atoms with Gasteiger partial charge in [-0.15, -0.1) is 11.3 Å². The van der Waals surface area contributed by atoms with E-state index in [1.165, 1.54) is 11.3 Å². The number of nitrogens with two attached hydrogens (primary N) is 1. The van der Waals surface area contributed by atoms with E-state index in [0.717, 1.165) is 16.1 Å². The van der Waals surface area contributed by atoms with Crippen LogP contribution >= 0.6 is 11.3 Å². The van der Waals surface area contributed by atoms with Crippen molar-refractivity contribution >= 4 is 34.2 Å². The van der Waals surface area contributed by atoms with Crippen molar-refractivity contribution in [3.05, 3.63) is 33.5 Å². The van der Waals surface area contributed by atoms with Gasteiger partial charge in [0.15, 0.2) is 5.69 Å². The second-order valence-corrected chi connectivity index (χ2v) is 7.30. The molecule has 144 valence electrons. The topological polar surface area (TPSA) is 120 Å². The summed E-state index contributed by atoms with van der Waals surface area (Å²) >= 11 is 1.25. The highest BCUT2D eigenvalue weighted by molar-refractivity contribution is 7.17. The van der Waals surface area contributed by atoms with E-state index in [4.69, 9.17) is 10.5 Å². The zero-order valence-electron chi connectivity index (χ0n) is 15.4. The summed E-state index contributed by atoms with van der Waals surface area (Å²) in [6.45, 7) is 4.63. The minimum Gasteiger partial charge on any atom is -0.450 e. The number of nitrogens with one attached hydrogen (secondary N) is 1. The maximum Gasteiger partial charge on any atom is 0.410 e. The first-order valence-corrected chi connectivity index (χ1v) is 9.31. The molecule has 9 nitrogen and oxygen atoms in total. The van der Waals surface area contributed by atoms with E-state index in [0.29, 0.717) is 36.7 Å². The number of anilines is 1. The van der Waals surface area contributed by atoms with E-state index < -0.39 is 17.9 Å². The van der Waals surface area contributed by atoms with E-state index >= 15 is 0 Å². The van der Waals surface area contributed by atoms with Crippen LogP contribution in [-0.2, 0) is 24.8 Å². The molecule has 3 amide bonds. The van der Waals surface area contributed by atoms with E-state index in [-0.39, 0.29) is 5.69 Å². The maximum absolute atomic E-state index is 12.5. The molecule has 0 spiro atoms. The molecule has 0 unspecified atom stereocenters. The molecule has 1 aliphatic rings. The van der Waals surface area contributed by atoms with Crippen LogP contribution in [0.5, 0.6) is 0 Å². The highest BCUT2D eigenvalue weighted by Crippen LogP contribution is 2.37. The quantitative estimate of drug-likeness (QED) is 0.821. The van der Waals surface area contributed by atoms with Gasteiger partial charge in [-0.05, 0) is 31.9 Å². The number of aromatic nitrogens is 2. The van der Waals surface area contributed by atoms with Crippen molar-refractivity contribution in [2.45, 2.75) is 26.8 Å². The summed E-state index contributed by atoms with van der Waals surface area (Å²) in [4.78, 5) is 38.9. The Kier molecular flexibility index (Phi) is 5.17. The number of carbonyl (C=O) groups is 3. The van der Waals surface area contributed by atoms with Gasteiger partial charge in [-0.1, -0.05) is 0 Å². The molecule has 0 saturated carbocycles. The first-order valence-electron chi connectivity index (χ1n) is 8.49. The summed E-state index contributed by atoms with van der Waals surface area (Å²) in [5.41, 5.74) is 7.74. The average molecular weight is 391 g/mol. The molecule has 0 aromatic carbocycles. The van der Waals surface area contributed by atoms with E-state index in [1.54, 1.807) is 29.6 Å². The third-order valence-electron chi connectivity index (χ3n) is 4.40. The number of carbonyl (C=O) groups excluding carboxylic acids is 3. The molecule has 1 aliphatic heterocycles. The van der Waals surface area contributed by atoms with Gasteiger partial charge in [-0.2, -0.15) is 5.10 Å². The van der Waals surface area contributed by atoms with Crippen LogP contribution in [0.3, 0.4) is 0 Å². The fraction of sp³-hybridized carbons (Fsp3) is 0.412. The Morgan fingerprint density at radius 2 is 2.15 bits per heavy atom. The van der Waals surface area contributed by atoms with Crippen molar-refractivity contribution in [3.8, 4) is 0 Å². The third-order valence-corrected chi connectivity index (χ3v) is 5.53. The van der Waals surface area contributed by atoms with Crippen LogP contribution in [0.4, 0.5) is 9.80 Å². The SMILES string of the molecule is CCOC(=O)N1CCc2c(sc(NC(=O)c3cc(C)n(C)n3)c2C(N)=O)C1. The highest BCUT2D eigenvalue weighted by Gasteiger charge is 2.30. The molecule has 2 aromatic rings. The first-order chi connectivity index (χ1) is 12.8. The van der Waals surface area contributed by atoms with Gasteiger partial charge >= 0.3 is 6.09 Å². The molecule has 0 fully saturated rings. The van der Waals surface area contributed by atoms with E-state index in [2.05, 4.69) is 10.4 Å². The maximum atomic E-state index is 12.5. The Hall–Kier alpha value is -2.88. The van der Waals surface area contributed by atoms with Crippen molar-refractivity contribution in [2.24, 2.45) is 12.8 Å². The number of ether oxygens (including phenoxy) is 1. The molecule has 3 rings (SSSR count). The monoisotopic (exact) mass is 391 g/mol. The Bertz CT molecular complexity index is 897. The van der Waals surface area contributed by atoms with Crippen molar-refractivity contribution in [3.63, 3.8) is 0 Å². The highest BCUT2D eigenvalue weighted by atomic mass is 32.1. The lowest BCUT2D eigenvalue weighted by Crippen LogP contribution is -2.36. The number of thiophene rings is 1. The number of amides is 3. The lowest BCUT2D eigenvalue weighted by molar-refractivity contribution is 0.0997. The average Bonchev–Trinajstić information content (AvgIpc) is 3.14. The van der Waals surface area contributed by atoms with Crippen molar-refractivity contribution in [1.82, 2.24) is 14.7 Å². The van der Waals surface area contributed by atoms with Gasteiger partial charge in [0.25, 0.3) is 11.8 Å². The largest absolute Gasteiger partial charge is 0.450 e. The molecular formula is C17H21N5O4S. The molecule has 3 N–H and O–H groups in total. The molecule has 0 bridgehead atoms. The van der Waals surface area contributed by atoms with E-state index in [1.807, 2.05) is 6.92 Å². The number of rotatable bonds is 4. The molecule has 0 saturated heterocycles. The Balaban J connectivity index is 1.87. The number of nitrogens with zero attached hydrogens (tertiary/aromatic N) is 3. The number of primary amides is 1. The van der Waals surface area contributed by atoms with Gasteiger partial charge < -0.3 is 20.7 Å². The Labute approximate surface area is 160 Å². The lowest BCUT2D eigenvalue weighted by Gasteiger charge is -2.26. The van der Waals surface area contributed by atoms with Gasteiger partial charge in [0.1, 0.15) is 5.00 Å². The summed E-state index contributed by atoms with van der Waals surface area (Å²) in [7, 11) is 1.74. The predicted octanol–water partition coefficient (Wildman–Crippen LogP) is 1.66. The van der Waals surface area contributed by atoms with Crippen molar-refractivity contribution in [1.29, 1.82) is 0 Å². The summed E-state index contributed by atoms with van der Waals surface area (Å²) in [6, 6.07) is 1.66. The van der Waals surface area contributed by atoms with Gasteiger partial charge in [0.2, 0.25) is 0 Å². The molecule has 2 aromatic heterocycles. The minimum atomic E-state index is -0.607. The van der Waals surface area contributed by atoms with Crippen LogP contribution in [0.25, 0.3) is 0 Å². The standard InChI is InChI=1S/C17H21N5O4S/c1-4-26-17(25)22-6-5-10-12(8-22)27-16(13(10)14(18)23)19-15(24)11-7-9(2)21(3)20-11/h7H,4-6,8H2,1-3H3,(H2,18,23)(H,19,24). The molecule has 27 heavy (non-hydrogen) atoms. The molecule has 0 atom stereocenters. The molecule has 0 aliphatic carbocycles. The first kappa shape index (κ1) is 18.9. The van der Waals surface area contributed by atoms with Crippen molar-refractivity contribution in [2.75, 3.05) is 18.5 Å². The zero-order chi connectivity index (χ0) is 19.7. The van der Waals surface area contributed by atoms with Crippen LogP contribution in [0.1, 0.15) is 43.9 Å². The smallest absolute Gasteiger partial charge is 0.410 e. The van der Waals surface area contributed by atoms with Crippen LogP contribution in [-0.4, -0.2) is 45.7 Å². The third kappa shape index (κ3) is 3.65. The number of aryl methyl sites for hydroxylation is 2. The molecular weight excluding hydrogens is 370 g/mol. The van der Waals surface area contributed by atoms with Gasteiger partial charge in [0.05, 0.1) is 18.7 Å². The fourth-order valence-electron chi connectivity index (χ4n) is 2.96. The Morgan fingerprint density at radius 3 is 2.74 bits per heavy atom. The fourth-order valence-corrected chi connectivity index (χ4v) is 4.23. The normalized spacial score (nSPS) is 13.2. The summed E-state index contributed by atoms with van der Waals surface area (Å²) in [6.07, 6.45) is 0.0771. The number of fused-ring (bicyclic) bond motifs is 1. The number of hydrogen-bond donors (Lipinski definition) is 2. The summed E-state index contributed by atoms with van der Waals surface area (Å²) in [5.74, 6) is -1.02. The van der Waals surface area contributed by atoms with Gasteiger partial charge in [0, 0.05) is 24.2 Å². The molecule has 3 heterocycles. The van der Waals surface area contributed by atoms with Gasteiger partial charge in [-0.3, -0.25) is 14.3 Å². The predicted molar refractivity (Wildman–Crippen MR) is 99.9 cm³/mol. The van der Waals surface area contributed by atoms with Crippen LogP contribution in [0.2, 0.25) is 0 Å². The van der Waals surface area contributed by atoms with Crippen molar-refractivity contribution < 1.29 is 19.1 Å². The molecule has 0 radical (unpaired) electrons. The van der Waals surface area contributed by atoms with Crippen LogP contribution < -0.4 is 11.1 Å². The molecule has 10 heteroatoms. The second kappa shape index (κ2) is 7.39. The minimum absolute atomic E-state index is 0.255.